The molecule has 0 amide bonds. The van der Waals surface area contributed by atoms with Crippen LogP contribution in [0.1, 0.15) is 11.1 Å². The lowest BCUT2D eigenvalue weighted by molar-refractivity contribution is 0.122. The number of H-pyrrole nitrogens is 1. The van der Waals surface area contributed by atoms with Gasteiger partial charge in [0.1, 0.15) is 5.65 Å². The van der Waals surface area contributed by atoms with Gasteiger partial charge in [-0.2, -0.15) is 0 Å². The van der Waals surface area contributed by atoms with Crippen LogP contribution in [0.2, 0.25) is 5.02 Å². The van der Waals surface area contributed by atoms with E-state index in [1.54, 1.807) is 10.6 Å². The molecule has 0 spiro atoms. The van der Waals surface area contributed by atoms with Crippen molar-refractivity contribution >= 4 is 28.3 Å². The fourth-order valence-electron chi connectivity index (χ4n) is 4.03. The van der Waals surface area contributed by atoms with Crippen molar-refractivity contribution in [1.29, 1.82) is 0 Å². The van der Waals surface area contributed by atoms with Crippen LogP contribution in [0.25, 0.3) is 22.2 Å². The third-order valence-corrected chi connectivity index (χ3v) is 6.20. The standard InChI is InChI=1S/C24H23ClN4O2/c1-16-10-17(2-3-22(16)25)15-29-5-4-18(11-23(29)30)21-14-27-24-20(21)12-19(13-26-24)28-6-8-31-9-7-28/h2-5,10-14H,6-9,15H2,1H3,(H,26,27). The first kappa shape index (κ1) is 19.8. The van der Waals surface area contributed by atoms with Crippen molar-refractivity contribution in [2.24, 2.45) is 0 Å². The molecular formula is C24H23ClN4O2. The summed E-state index contributed by atoms with van der Waals surface area (Å²) in [6.45, 7) is 5.63. The molecule has 1 N–H and O–H groups in total. The Morgan fingerprint density at radius 3 is 2.77 bits per heavy atom. The van der Waals surface area contributed by atoms with E-state index in [1.807, 2.05) is 49.8 Å². The number of nitrogens with zero attached hydrogens (tertiary/aromatic N) is 3. The smallest absolute Gasteiger partial charge is 0.251 e. The summed E-state index contributed by atoms with van der Waals surface area (Å²) in [7, 11) is 0. The van der Waals surface area contributed by atoms with Crippen LogP contribution in [-0.2, 0) is 11.3 Å². The molecule has 31 heavy (non-hydrogen) atoms. The van der Waals surface area contributed by atoms with Crippen molar-refractivity contribution < 1.29 is 4.74 Å². The summed E-state index contributed by atoms with van der Waals surface area (Å²) >= 11 is 6.12. The van der Waals surface area contributed by atoms with Crippen LogP contribution in [0.3, 0.4) is 0 Å². The number of rotatable bonds is 4. The lowest BCUT2D eigenvalue weighted by Gasteiger charge is -2.28. The van der Waals surface area contributed by atoms with Crippen LogP contribution in [-0.4, -0.2) is 40.8 Å². The fourth-order valence-corrected chi connectivity index (χ4v) is 4.15. The maximum absolute atomic E-state index is 12.8. The fraction of sp³-hybridized carbons (Fsp3) is 0.250. The second kappa shape index (κ2) is 8.21. The molecule has 0 radical (unpaired) electrons. The molecule has 4 heterocycles. The van der Waals surface area contributed by atoms with E-state index in [9.17, 15) is 4.79 Å². The van der Waals surface area contributed by atoms with E-state index in [0.29, 0.717) is 6.54 Å². The Labute approximate surface area is 185 Å². The van der Waals surface area contributed by atoms with E-state index in [0.717, 1.165) is 70.3 Å². The van der Waals surface area contributed by atoms with Crippen molar-refractivity contribution in [3.63, 3.8) is 0 Å². The van der Waals surface area contributed by atoms with Gasteiger partial charge in [-0.3, -0.25) is 4.79 Å². The molecule has 1 aliphatic heterocycles. The average molecular weight is 435 g/mol. The highest BCUT2D eigenvalue weighted by Gasteiger charge is 2.15. The number of aryl methyl sites for hydroxylation is 1. The monoisotopic (exact) mass is 434 g/mol. The summed E-state index contributed by atoms with van der Waals surface area (Å²) in [6.07, 6.45) is 5.65. The van der Waals surface area contributed by atoms with E-state index < -0.39 is 0 Å². The van der Waals surface area contributed by atoms with Gasteiger partial charge in [-0.15, -0.1) is 0 Å². The molecule has 4 aromatic rings. The Hall–Kier alpha value is -3.09. The molecule has 1 fully saturated rings. The predicted octanol–water partition coefficient (Wildman–Crippen LogP) is 4.24. The van der Waals surface area contributed by atoms with E-state index in [1.165, 1.54) is 0 Å². The minimum absolute atomic E-state index is 0.0447. The Morgan fingerprint density at radius 2 is 2.00 bits per heavy atom. The van der Waals surface area contributed by atoms with E-state index in [4.69, 9.17) is 16.3 Å². The number of hydrogen-bond acceptors (Lipinski definition) is 4. The molecule has 0 atom stereocenters. The topological polar surface area (TPSA) is 63.1 Å². The summed E-state index contributed by atoms with van der Waals surface area (Å²) < 4.78 is 7.16. The second-order valence-corrected chi connectivity index (χ2v) is 8.26. The number of anilines is 1. The van der Waals surface area contributed by atoms with E-state index in [2.05, 4.69) is 20.9 Å². The van der Waals surface area contributed by atoms with Gasteiger partial charge in [0.05, 0.1) is 31.6 Å². The number of morpholine rings is 1. The summed E-state index contributed by atoms with van der Waals surface area (Å²) in [5, 5.41) is 1.74. The van der Waals surface area contributed by atoms with Crippen molar-refractivity contribution in [3.8, 4) is 11.1 Å². The van der Waals surface area contributed by atoms with Crippen molar-refractivity contribution in [2.45, 2.75) is 13.5 Å². The number of hydrogen-bond donors (Lipinski definition) is 1. The maximum Gasteiger partial charge on any atom is 0.251 e. The highest BCUT2D eigenvalue weighted by Crippen LogP contribution is 2.30. The van der Waals surface area contributed by atoms with Gasteiger partial charge in [-0.1, -0.05) is 23.7 Å². The summed E-state index contributed by atoms with van der Waals surface area (Å²) in [5.41, 5.74) is 5.74. The van der Waals surface area contributed by atoms with E-state index >= 15 is 0 Å². The third kappa shape index (κ3) is 3.96. The molecule has 158 valence electrons. The minimum atomic E-state index is -0.0447. The predicted molar refractivity (Wildman–Crippen MR) is 124 cm³/mol. The lowest BCUT2D eigenvalue weighted by atomic mass is 10.1. The van der Waals surface area contributed by atoms with Crippen molar-refractivity contribution in [2.75, 3.05) is 31.2 Å². The van der Waals surface area contributed by atoms with Gasteiger partial charge < -0.3 is 19.2 Å². The number of nitrogens with one attached hydrogen (secondary N) is 1. The van der Waals surface area contributed by atoms with Crippen molar-refractivity contribution in [3.05, 3.63) is 81.5 Å². The number of aromatic nitrogens is 3. The van der Waals surface area contributed by atoms with Crippen LogP contribution in [0.5, 0.6) is 0 Å². The average Bonchev–Trinajstić information content (AvgIpc) is 3.21. The van der Waals surface area contributed by atoms with Crippen LogP contribution in [0.15, 0.2) is 59.8 Å². The largest absolute Gasteiger partial charge is 0.378 e. The number of benzene rings is 1. The molecule has 0 saturated carbocycles. The quantitative estimate of drug-likeness (QED) is 0.522. The van der Waals surface area contributed by atoms with Crippen LogP contribution in [0.4, 0.5) is 5.69 Å². The number of aromatic amines is 1. The molecule has 5 rings (SSSR count). The van der Waals surface area contributed by atoms with Crippen LogP contribution in [0, 0.1) is 6.92 Å². The zero-order valence-corrected chi connectivity index (χ0v) is 18.0. The number of halogens is 1. The van der Waals surface area contributed by atoms with Gasteiger partial charge in [0.15, 0.2) is 0 Å². The molecule has 0 unspecified atom stereocenters. The third-order valence-electron chi connectivity index (χ3n) is 5.78. The zero-order valence-electron chi connectivity index (χ0n) is 17.3. The Morgan fingerprint density at radius 1 is 1.16 bits per heavy atom. The first-order valence-electron chi connectivity index (χ1n) is 10.3. The van der Waals surface area contributed by atoms with Gasteiger partial charge in [0.25, 0.3) is 5.56 Å². The van der Waals surface area contributed by atoms with Gasteiger partial charge in [-0.25, -0.2) is 4.98 Å². The highest BCUT2D eigenvalue weighted by molar-refractivity contribution is 6.31. The minimum Gasteiger partial charge on any atom is -0.378 e. The van der Waals surface area contributed by atoms with Crippen LogP contribution >= 0.6 is 11.6 Å². The molecule has 6 nitrogen and oxygen atoms in total. The Bertz CT molecular complexity index is 1300. The molecule has 0 bridgehead atoms. The zero-order chi connectivity index (χ0) is 21.4. The van der Waals surface area contributed by atoms with Gasteiger partial charge in [-0.05, 0) is 41.8 Å². The lowest BCUT2D eigenvalue weighted by Crippen LogP contribution is -2.36. The molecule has 1 aromatic carbocycles. The second-order valence-electron chi connectivity index (χ2n) is 7.86. The molecule has 1 saturated heterocycles. The number of fused-ring (bicyclic) bond motifs is 1. The molecule has 7 heteroatoms. The molecule has 1 aliphatic rings. The Balaban J connectivity index is 1.46. The summed E-state index contributed by atoms with van der Waals surface area (Å²) in [4.78, 5) is 22.9. The van der Waals surface area contributed by atoms with Crippen molar-refractivity contribution in [1.82, 2.24) is 14.5 Å². The maximum atomic E-state index is 12.8. The van der Waals surface area contributed by atoms with Gasteiger partial charge in [0, 0.05) is 47.5 Å². The van der Waals surface area contributed by atoms with Gasteiger partial charge >= 0.3 is 0 Å². The first-order chi connectivity index (χ1) is 15.1. The molecular weight excluding hydrogens is 412 g/mol. The molecule has 3 aromatic heterocycles. The number of ether oxygens (including phenoxy) is 1. The van der Waals surface area contributed by atoms with Crippen LogP contribution < -0.4 is 10.5 Å². The molecule has 0 aliphatic carbocycles. The SMILES string of the molecule is Cc1cc(Cn2ccc(-c3c[nH]c4ncc(N5CCOCC5)cc34)cc2=O)ccc1Cl. The highest BCUT2D eigenvalue weighted by atomic mass is 35.5. The summed E-state index contributed by atoms with van der Waals surface area (Å²) in [6, 6.07) is 11.6. The van der Waals surface area contributed by atoms with Gasteiger partial charge in [0.2, 0.25) is 0 Å². The number of pyridine rings is 2. The van der Waals surface area contributed by atoms with E-state index in [-0.39, 0.29) is 5.56 Å². The Kier molecular flexibility index (Phi) is 5.26. The first-order valence-corrected chi connectivity index (χ1v) is 10.7. The summed E-state index contributed by atoms with van der Waals surface area (Å²) in [5.74, 6) is 0. The normalized spacial score (nSPS) is 14.3.